The molecule has 1 aromatic heterocycles. The average Bonchev–Trinajstić information content (AvgIpc) is 3.01. The maximum absolute atomic E-state index is 13.5. The van der Waals surface area contributed by atoms with Crippen molar-refractivity contribution < 1.29 is 23.5 Å². The van der Waals surface area contributed by atoms with Crippen LogP contribution in [-0.4, -0.2) is 42.7 Å². The number of carbonyl (C=O) groups excluding carboxylic acids is 2. The maximum Gasteiger partial charge on any atom is 0.255 e. The minimum Gasteiger partial charge on any atom is -0.486 e. The Kier molecular flexibility index (Phi) is 6.81. The molecule has 4 heterocycles. The Morgan fingerprint density at radius 3 is 2.40 bits per heavy atom. The lowest BCUT2D eigenvalue weighted by molar-refractivity contribution is 0.101. The summed E-state index contributed by atoms with van der Waals surface area (Å²) in [6.45, 7) is 2.89. The molecule has 7 rings (SSSR count). The van der Waals surface area contributed by atoms with Crippen molar-refractivity contribution in [3.8, 4) is 11.5 Å². The molecule has 1 fully saturated rings. The van der Waals surface area contributed by atoms with Gasteiger partial charge in [0.05, 0.1) is 11.4 Å². The number of nitrogens with zero attached hydrogens (tertiary/aromatic N) is 2. The van der Waals surface area contributed by atoms with Gasteiger partial charge in [-0.3, -0.25) is 14.4 Å². The summed E-state index contributed by atoms with van der Waals surface area (Å²) in [4.78, 5) is 41.3. The highest BCUT2D eigenvalue weighted by molar-refractivity contribution is 6.09. The third kappa shape index (κ3) is 5.31. The van der Waals surface area contributed by atoms with E-state index in [2.05, 4.69) is 15.5 Å². The Bertz CT molecular complexity index is 1790. The van der Waals surface area contributed by atoms with Gasteiger partial charge < -0.3 is 29.6 Å². The number of halogens is 1. The molecule has 0 spiro atoms. The van der Waals surface area contributed by atoms with Crippen molar-refractivity contribution in [2.45, 2.75) is 18.9 Å². The monoisotopic (exact) mass is 580 g/mol. The van der Waals surface area contributed by atoms with Gasteiger partial charge in [-0.2, -0.15) is 0 Å². The Labute approximate surface area is 246 Å². The number of pyridine rings is 1. The number of anilines is 3. The fraction of sp³-hybridized carbons (Fsp3) is 0.242. The highest BCUT2D eigenvalue weighted by Gasteiger charge is 2.35. The summed E-state index contributed by atoms with van der Waals surface area (Å²) in [5.41, 5.74) is 3.46. The number of aromatic nitrogens is 1. The minimum absolute atomic E-state index is 0.0151. The van der Waals surface area contributed by atoms with Crippen LogP contribution in [0.25, 0.3) is 0 Å². The van der Waals surface area contributed by atoms with E-state index in [1.165, 1.54) is 24.3 Å². The van der Waals surface area contributed by atoms with Crippen molar-refractivity contribution in [1.82, 2.24) is 4.57 Å². The van der Waals surface area contributed by atoms with E-state index in [1.54, 1.807) is 42.5 Å². The van der Waals surface area contributed by atoms with E-state index in [1.807, 2.05) is 16.7 Å². The first-order valence-corrected chi connectivity index (χ1v) is 14.3. The van der Waals surface area contributed by atoms with Gasteiger partial charge in [-0.15, -0.1) is 0 Å². The van der Waals surface area contributed by atoms with E-state index < -0.39 is 11.7 Å². The number of hydrogen-bond donors (Lipinski definition) is 2. The van der Waals surface area contributed by atoms with E-state index >= 15 is 0 Å². The van der Waals surface area contributed by atoms with Gasteiger partial charge in [0.25, 0.3) is 17.4 Å². The van der Waals surface area contributed by atoms with Crippen LogP contribution in [0.4, 0.5) is 21.5 Å². The van der Waals surface area contributed by atoms with Crippen LogP contribution in [0.1, 0.15) is 38.7 Å². The molecule has 0 saturated carbocycles. The first-order valence-electron chi connectivity index (χ1n) is 14.3. The molecule has 3 aliphatic heterocycles. The highest BCUT2D eigenvalue weighted by atomic mass is 19.1. The molecule has 3 aromatic carbocycles. The number of amides is 2. The Balaban J connectivity index is 1.19. The third-order valence-corrected chi connectivity index (χ3v) is 8.23. The summed E-state index contributed by atoms with van der Waals surface area (Å²) in [7, 11) is 0. The van der Waals surface area contributed by atoms with Gasteiger partial charge in [0.1, 0.15) is 19.0 Å². The average molecular weight is 581 g/mol. The Morgan fingerprint density at radius 1 is 0.791 bits per heavy atom. The zero-order chi connectivity index (χ0) is 29.5. The molecule has 9 nitrogen and oxygen atoms in total. The quantitative estimate of drug-likeness (QED) is 0.349. The fourth-order valence-electron chi connectivity index (χ4n) is 6.27. The molecular weight excluding hydrogens is 551 g/mol. The summed E-state index contributed by atoms with van der Waals surface area (Å²) < 4.78 is 26.6. The lowest BCUT2D eigenvalue weighted by Gasteiger charge is -2.44. The number of benzene rings is 3. The van der Waals surface area contributed by atoms with Crippen molar-refractivity contribution >= 4 is 28.9 Å². The van der Waals surface area contributed by atoms with E-state index in [4.69, 9.17) is 9.47 Å². The standard InChI is InChI=1S/C33H29FN4O5/c34-24-7-4-21(5-8-24)32(40)36-26-15-22(33(41)35-25-9-11-29-30(16-25)43-13-12-42-29)6-10-28(26)37-17-20-14-23(19-37)27-2-1-3-31(39)38(27)18-20/h1-11,15-16,20,23H,12-14,17-19H2,(H,35,41)(H,36,40). The van der Waals surface area contributed by atoms with Gasteiger partial charge in [-0.1, -0.05) is 6.07 Å². The van der Waals surface area contributed by atoms with Crippen molar-refractivity contribution in [1.29, 1.82) is 0 Å². The number of ether oxygens (including phenoxy) is 2. The SMILES string of the molecule is O=C(Nc1ccc2c(c1)OCCO2)c1ccc(N2CC3CC(C2)c2cccc(=O)n2C3)c(NC(=O)c2ccc(F)cc2)c1. The Hall–Kier alpha value is -5.12. The van der Waals surface area contributed by atoms with Crippen LogP contribution in [0.2, 0.25) is 0 Å². The number of nitrogens with one attached hydrogen (secondary N) is 2. The fourth-order valence-corrected chi connectivity index (χ4v) is 6.27. The number of carbonyl (C=O) groups is 2. The van der Waals surface area contributed by atoms with Crippen molar-refractivity contribution in [3.05, 3.63) is 112 Å². The van der Waals surface area contributed by atoms with E-state index in [0.29, 0.717) is 66.8 Å². The second-order valence-corrected chi connectivity index (χ2v) is 11.1. The maximum atomic E-state index is 13.5. The summed E-state index contributed by atoms with van der Waals surface area (Å²) >= 11 is 0. The third-order valence-electron chi connectivity index (χ3n) is 8.23. The molecule has 1 saturated heterocycles. The van der Waals surface area contributed by atoms with Crippen LogP contribution >= 0.6 is 0 Å². The van der Waals surface area contributed by atoms with Crippen LogP contribution in [-0.2, 0) is 6.54 Å². The molecule has 2 unspecified atom stereocenters. The molecule has 2 bridgehead atoms. The topological polar surface area (TPSA) is 102 Å². The van der Waals surface area contributed by atoms with E-state index in [0.717, 1.165) is 17.8 Å². The van der Waals surface area contributed by atoms with Crippen molar-refractivity contribution in [3.63, 3.8) is 0 Å². The zero-order valence-corrected chi connectivity index (χ0v) is 23.2. The molecule has 2 atom stereocenters. The van der Waals surface area contributed by atoms with Crippen LogP contribution in [0.15, 0.2) is 83.7 Å². The summed E-state index contributed by atoms with van der Waals surface area (Å²) in [5, 5.41) is 5.86. The molecule has 2 amide bonds. The molecular formula is C33H29FN4O5. The first-order chi connectivity index (χ1) is 20.9. The zero-order valence-electron chi connectivity index (χ0n) is 23.2. The molecule has 0 aliphatic carbocycles. The van der Waals surface area contributed by atoms with Crippen LogP contribution in [0.5, 0.6) is 11.5 Å². The number of rotatable bonds is 5. The van der Waals surface area contributed by atoms with Crippen molar-refractivity contribution in [2.24, 2.45) is 5.92 Å². The van der Waals surface area contributed by atoms with Gasteiger partial charge in [0, 0.05) is 60.2 Å². The highest BCUT2D eigenvalue weighted by Crippen LogP contribution is 2.40. The number of piperidine rings is 1. The number of hydrogen-bond acceptors (Lipinski definition) is 6. The summed E-state index contributed by atoms with van der Waals surface area (Å²) in [6.07, 6.45) is 0.979. The molecule has 2 N–H and O–H groups in total. The second kappa shape index (κ2) is 10.9. The molecule has 3 aliphatic rings. The van der Waals surface area contributed by atoms with E-state index in [9.17, 15) is 18.8 Å². The van der Waals surface area contributed by atoms with E-state index in [-0.39, 0.29) is 23.3 Å². The van der Waals surface area contributed by atoms with Gasteiger partial charge in [0.15, 0.2) is 11.5 Å². The van der Waals surface area contributed by atoms with Crippen molar-refractivity contribution in [2.75, 3.05) is 41.8 Å². The smallest absolute Gasteiger partial charge is 0.255 e. The molecule has 43 heavy (non-hydrogen) atoms. The molecule has 218 valence electrons. The van der Waals surface area contributed by atoms with Gasteiger partial charge in [-0.25, -0.2) is 4.39 Å². The first kappa shape index (κ1) is 26.8. The second-order valence-electron chi connectivity index (χ2n) is 11.1. The van der Waals surface area contributed by atoms with Crippen LogP contribution < -0.4 is 30.6 Å². The largest absolute Gasteiger partial charge is 0.486 e. The predicted molar refractivity (Wildman–Crippen MR) is 160 cm³/mol. The predicted octanol–water partition coefficient (Wildman–Crippen LogP) is 4.89. The lowest BCUT2D eigenvalue weighted by atomic mass is 9.83. The van der Waals surface area contributed by atoms with Gasteiger partial charge in [-0.05, 0) is 73.0 Å². The summed E-state index contributed by atoms with van der Waals surface area (Å²) in [5.74, 6) is 0.383. The Morgan fingerprint density at radius 2 is 1.56 bits per heavy atom. The van der Waals surface area contributed by atoms with Crippen LogP contribution in [0.3, 0.4) is 0 Å². The lowest BCUT2D eigenvalue weighted by Crippen LogP contribution is -2.47. The van der Waals surface area contributed by atoms with Gasteiger partial charge in [0.2, 0.25) is 0 Å². The number of fused-ring (bicyclic) bond motifs is 5. The molecule has 10 heteroatoms. The van der Waals surface area contributed by atoms with Crippen LogP contribution in [0, 0.1) is 11.7 Å². The normalized spacial score (nSPS) is 18.4. The summed E-state index contributed by atoms with van der Waals surface area (Å²) in [6, 6.07) is 21.2. The molecule has 0 radical (unpaired) electrons. The van der Waals surface area contributed by atoms with Gasteiger partial charge >= 0.3 is 0 Å². The minimum atomic E-state index is -0.436. The molecule has 4 aromatic rings.